The minimum absolute atomic E-state index is 0.202. The number of hydrogen-bond donors (Lipinski definition) is 0. The number of benzene rings is 2. The van der Waals surface area contributed by atoms with Gasteiger partial charge in [-0.15, -0.1) is 0 Å². The molecule has 4 heteroatoms. The van der Waals surface area contributed by atoms with E-state index in [1.165, 1.54) is 12.1 Å². The highest BCUT2D eigenvalue weighted by Crippen LogP contribution is 2.27. The third kappa shape index (κ3) is 5.08. The van der Waals surface area contributed by atoms with Crippen molar-refractivity contribution in [2.75, 3.05) is 13.1 Å². The van der Waals surface area contributed by atoms with Gasteiger partial charge in [0.2, 0.25) is 5.91 Å². The molecule has 1 aromatic heterocycles. The second kappa shape index (κ2) is 8.99. The molecule has 148 valence electrons. The van der Waals surface area contributed by atoms with Gasteiger partial charge < -0.3 is 4.90 Å². The van der Waals surface area contributed by atoms with Crippen LogP contribution >= 0.6 is 0 Å². The summed E-state index contributed by atoms with van der Waals surface area (Å²) in [6, 6.07) is 22.7. The van der Waals surface area contributed by atoms with Gasteiger partial charge in [-0.25, -0.2) is 4.39 Å². The molecule has 2 heterocycles. The summed E-state index contributed by atoms with van der Waals surface area (Å²) >= 11 is 0. The average Bonchev–Trinajstić information content (AvgIpc) is 2.76. The SMILES string of the molecule is O=C(Cc1ccccc1)N1CCC(c2cccc(Cc3ccc(F)cc3)n2)CC1. The molecule has 29 heavy (non-hydrogen) atoms. The Morgan fingerprint density at radius 2 is 1.62 bits per heavy atom. The van der Waals surface area contributed by atoms with Gasteiger partial charge in [0.1, 0.15) is 5.82 Å². The van der Waals surface area contributed by atoms with Crippen LogP contribution in [0, 0.1) is 5.82 Å². The maximum atomic E-state index is 13.1. The van der Waals surface area contributed by atoms with Gasteiger partial charge in [0.05, 0.1) is 6.42 Å². The lowest BCUT2D eigenvalue weighted by Gasteiger charge is -2.32. The number of amides is 1. The molecule has 2 aromatic carbocycles. The fraction of sp³-hybridized carbons (Fsp3) is 0.280. The summed E-state index contributed by atoms with van der Waals surface area (Å²) < 4.78 is 13.1. The molecule has 1 aliphatic rings. The third-order valence-electron chi connectivity index (χ3n) is 5.59. The number of carbonyl (C=O) groups excluding carboxylic acids is 1. The first-order valence-corrected chi connectivity index (χ1v) is 10.2. The van der Waals surface area contributed by atoms with Crippen molar-refractivity contribution in [1.29, 1.82) is 0 Å². The summed E-state index contributed by atoms with van der Waals surface area (Å²) in [4.78, 5) is 19.4. The summed E-state index contributed by atoms with van der Waals surface area (Å²) in [5.74, 6) is 0.362. The van der Waals surface area contributed by atoms with Crippen LogP contribution in [0.25, 0.3) is 0 Å². The van der Waals surface area contributed by atoms with Crippen LogP contribution in [-0.2, 0) is 17.6 Å². The zero-order valence-corrected chi connectivity index (χ0v) is 16.4. The Kier molecular flexibility index (Phi) is 5.99. The Balaban J connectivity index is 1.34. The van der Waals surface area contributed by atoms with E-state index in [0.29, 0.717) is 18.8 Å². The molecule has 1 saturated heterocycles. The zero-order valence-electron chi connectivity index (χ0n) is 16.4. The van der Waals surface area contributed by atoms with Crippen LogP contribution in [0.4, 0.5) is 4.39 Å². The molecule has 0 radical (unpaired) electrons. The Morgan fingerprint density at radius 1 is 0.897 bits per heavy atom. The summed E-state index contributed by atoms with van der Waals surface area (Å²) in [5, 5.41) is 0. The number of hydrogen-bond acceptors (Lipinski definition) is 2. The van der Waals surface area contributed by atoms with Crippen LogP contribution in [0.2, 0.25) is 0 Å². The molecule has 0 N–H and O–H groups in total. The van der Waals surface area contributed by atoms with Gasteiger partial charge in [-0.1, -0.05) is 48.5 Å². The van der Waals surface area contributed by atoms with Crippen LogP contribution in [-0.4, -0.2) is 28.9 Å². The predicted octanol–water partition coefficient (Wildman–Crippen LogP) is 4.76. The van der Waals surface area contributed by atoms with Crippen LogP contribution in [0.5, 0.6) is 0 Å². The van der Waals surface area contributed by atoms with Crippen LogP contribution in [0.1, 0.15) is 41.3 Å². The van der Waals surface area contributed by atoms with E-state index in [1.54, 1.807) is 12.1 Å². The summed E-state index contributed by atoms with van der Waals surface area (Å²) in [6.07, 6.45) is 3.04. The first-order chi connectivity index (χ1) is 14.2. The van der Waals surface area contributed by atoms with E-state index >= 15 is 0 Å². The number of likely N-dealkylation sites (tertiary alicyclic amines) is 1. The number of piperidine rings is 1. The van der Waals surface area contributed by atoms with E-state index in [9.17, 15) is 9.18 Å². The van der Waals surface area contributed by atoms with Gasteiger partial charge in [-0.05, 0) is 48.2 Å². The summed E-state index contributed by atoms with van der Waals surface area (Å²) in [6.45, 7) is 1.56. The highest BCUT2D eigenvalue weighted by atomic mass is 19.1. The number of carbonyl (C=O) groups is 1. The summed E-state index contributed by atoms with van der Waals surface area (Å²) in [5.41, 5.74) is 4.21. The number of nitrogens with zero attached hydrogens (tertiary/aromatic N) is 2. The van der Waals surface area contributed by atoms with Gasteiger partial charge in [0.15, 0.2) is 0 Å². The summed E-state index contributed by atoms with van der Waals surface area (Å²) in [7, 11) is 0. The smallest absolute Gasteiger partial charge is 0.226 e. The molecule has 4 rings (SSSR count). The zero-order chi connectivity index (χ0) is 20.1. The van der Waals surface area contributed by atoms with Gasteiger partial charge in [0, 0.05) is 36.8 Å². The molecular weight excluding hydrogens is 363 g/mol. The Hall–Kier alpha value is -3.01. The van der Waals surface area contributed by atoms with Crippen molar-refractivity contribution in [2.24, 2.45) is 0 Å². The standard InChI is InChI=1S/C25H25FN2O/c26-22-11-9-20(10-12-22)17-23-7-4-8-24(27-23)21-13-15-28(16-14-21)25(29)18-19-5-2-1-3-6-19/h1-12,21H,13-18H2. The minimum Gasteiger partial charge on any atom is -0.342 e. The lowest BCUT2D eigenvalue weighted by molar-refractivity contribution is -0.131. The second-order valence-corrected chi connectivity index (χ2v) is 7.67. The second-order valence-electron chi connectivity index (χ2n) is 7.67. The van der Waals surface area contributed by atoms with Crippen molar-refractivity contribution in [3.05, 3.63) is 101 Å². The van der Waals surface area contributed by atoms with E-state index in [4.69, 9.17) is 4.98 Å². The fourth-order valence-electron chi connectivity index (χ4n) is 3.94. The van der Waals surface area contributed by atoms with E-state index in [2.05, 4.69) is 6.07 Å². The lowest BCUT2D eigenvalue weighted by atomic mass is 9.92. The Bertz CT molecular complexity index is 948. The molecule has 3 aromatic rings. The fourth-order valence-corrected chi connectivity index (χ4v) is 3.94. The van der Waals surface area contributed by atoms with Crippen LogP contribution in [0.15, 0.2) is 72.8 Å². The van der Waals surface area contributed by atoms with E-state index in [-0.39, 0.29) is 11.7 Å². The molecule has 0 aliphatic carbocycles. The largest absolute Gasteiger partial charge is 0.342 e. The van der Waals surface area contributed by atoms with Crippen molar-refractivity contribution in [1.82, 2.24) is 9.88 Å². The Labute approximate surface area is 171 Å². The predicted molar refractivity (Wildman–Crippen MR) is 112 cm³/mol. The third-order valence-corrected chi connectivity index (χ3v) is 5.59. The highest BCUT2D eigenvalue weighted by molar-refractivity contribution is 5.78. The van der Waals surface area contributed by atoms with E-state index < -0.39 is 0 Å². The lowest BCUT2D eigenvalue weighted by Crippen LogP contribution is -2.38. The van der Waals surface area contributed by atoms with E-state index in [0.717, 1.165) is 48.4 Å². The monoisotopic (exact) mass is 388 g/mol. The number of pyridine rings is 1. The van der Waals surface area contributed by atoms with Crippen molar-refractivity contribution < 1.29 is 9.18 Å². The average molecular weight is 388 g/mol. The minimum atomic E-state index is -0.218. The normalized spacial score (nSPS) is 14.7. The molecule has 1 aliphatic heterocycles. The quantitative estimate of drug-likeness (QED) is 0.631. The van der Waals surface area contributed by atoms with Crippen molar-refractivity contribution in [3.8, 4) is 0 Å². The van der Waals surface area contributed by atoms with Crippen LogP contribution < -0.4 is 0 Å². The van der Waals surface area contributed by atoms with Crippen molar-refractivity contribution >= 4 is 5.91 Å². The maximum absolute atomic E-state index is 13.1. The van der Waals surface area contributed by atoms with Gasteiger partial charge in [0.25, 0.3) is 0 Å². The van der Waals surface area contributed by atoms with Gasteiger partial charge in [-0.2, -0.15) is 0 Å². The first kappa shape index (κ1) is 19.3. The molecule has 0 atom stereocenters. The molecule has 1 fully saturated rings. The van der Waals surface area contributed by atoms with E-state index in [1.807, 2.05) is 47.4 Å². The number of halogens is 1. The molecule has 0 bridgehead atoms. The molecule has 0 saturated carbocycles. The van der Waals surface area contributed by atoms with Gasteiger partial charge in [-0.3, -0.25) is 9.78 Å². The molecule has 3 nitrogen and oxygen atoms in total. The topological polar surface area (TPSA) is 33.2 Å². The molecular formula is C25H25FN2O. The molecule has 0 spiro atoms. The van der Waals surface area contributed by atoms with Crippen molar-refractivity contribution in [3.63, 3.8) is 0 Å². The maximum Gasteiger partial charge on any atom is 0.226 e. The first-order valence-electron chi connectivity index (χ1n) is 10.2. The number of rotatable bonds is 5. The molecule has 0 unspecified atom stereocenters. The van der Waals surface area contributed by atoms with Crippen molar-refractivity contribution in [2.45, 2.75) is 31.6 Å². The Morgan fingerprint density at radius 3 is 2.34 bits per heavy atom. The highest BCUT2D eigenvalue weighted by Gasteiger charge is 2.24. The molecule has 1 amide bonds. The van der Waals surface area contributed by atoms with Gasteiger partial charge >= 0.3 is 0 Å². The van der Waals surface area contributed by atoms with Crippen LogP contribution in [0.3, 0.4) is 0 Å². The number of aromatic nitrogens is 1.